The van der Waals surface area contributed by atoms with Crippen LogP contribution in [0.5, 0.6) is 5.75 Å². The number of nitrogens with zero attached hydrogens (tertiary/aromatic N) is 4. The fourth-order valence-electron chi connectivity index (χ4n) is 7.17. The number of carboxylic acid groups (broad SMARTS) is 1. The number of fused-ring (bicyclic) bond motifs is 3. The number of hydrogen-bond donors (Lipinski definition) is 1. The minimum absolute atomic E-state index is 0.0179. The van der Waals surface area contributed by atoms with E-state index in [1.54, 1.807) is 18.2 Å². The van der Waals surface area contributed by atoms with Crippen molar-refractivity contribution in [3.63, 3.8) is 0 Å². The fraction of sp³-hybridized carbons (Fsp3) is 0.342. The van der Waals surface area contributed by atoms with E-state index in [4.69, 9.17) is 21.4 Å². The summed E-state index contributed by atoms with van der Waals surface area (Å²) in [5.41, 5.74) is 11.1. The minimum Gasteiger partial charge on any atom is -0.494 e. The lowest BCUT2D eigenvalue weighted by atomic mass is 9.94. The number of carboxylic acids is 1. The van der Waals surface area contributed by atoms with E-state index in [-0.39, 0.29) is 17.5 Å². The van der Waals surface area contributed by atoms with Gasteiger partial charge in [-0.2, -0.15) is 5.10 Å². The Morgan fingerprint density at radius 2 is 1.74 bits per heavy atom. The van der Waals surface area contributed by atoms with E-state index >= 15 is 0 Å². The van der Waals surface area contributed by atoms with Gasteiger partial charge in [-0.3, -0.25) is 9.48 Å². The zero-order valence-corrected chi connectivity index (χ0v) is 28.8. The van der Waals surface area contributed by atoms with E-state index in [9.17, 15) is 14.7 Å². The van der Waals surface area contributed by atoms with Gasteiger partial charge < -0.3 is 19.3 Å². The molecule has 3 heterocycles. The molecule has 0 aliphatic carbocycles. The summed E-state index contributed by atoms with van der Waals surface area (Å²) in [6.07, 6.45) is 1.36. The smallest absolute Gasteiger partial charge is 0.335 e. The van der Waals surface area contributed by atoms with Crippen molar-refractivity contribution in [2.45, 2.75) is 67.0 Å². The third-order valence-electron chi connectivity index (χ3n) is 9.45. The molecule has 6 rings (SSSR count). The lowest BCUT2D eigenvalue weighted by molar-refractivity contribution is 0.0663. The Labute approximate surface area is 280 Å². The number of halogens is 1. The Morgan fingerprint density at radius 3 is 2.40 bits per heavy atom. The summed E-state index contributed by atoms with van der Waals surface area (Å²) in [6.45, 7) is 13.7. The van der Waals surface area contributed by atoms with Crippen LogP contribution in [0, 0.1) is 34.6 Å². The number of rotatable bonds is 9. The lowest BCUT2D eigenvalue weighted by Crippen LogP contribution is -2.42. The van der Waals surface area contributed by atoms with Gasteiger partial charge in [0.25, 0.3) is 5.91 Å². The number of aromatic carboxylic acids is 1. The molecule has 1 amide bonds. The molecule has 1 aliphatic rings. The maximum absolute atomic E-state index is 14.5. The number of amides is 1. The highest BCUT2D eigenvalue weighted by Gasteiger charge is 2.36. The van der Waals surface area contributed by atoms with Gasteiger partial charge in [-0.1, -0.05) is 35.9 Å². The Hall–Kier alpha value is -4.56. The summed E-state index contributed by atoms with van der Waals surface area (Å²) in [5, 5.41) is 16.1. The zero-order valence-electron chi connectivity index (χ0n) is 28.1. The molecule has 1 aliphatic heterocycles. The molecule has 0 bridgehead atoms. The molecular formula is C38H41ClN4O4. The number of aromatic nitrogens is 3. The summed E-state index contributed by atoms with van der Waals surface area (Å²) in [4.78, 5) is 28.0. The highest BCUT2D eigenvalue weighted by Crippen LogP contribution is 2.43. The van der Waals surface area contributed by atoms with Crippen LogP contribution in [0.3, 0.4) is 0 Å². The third-order valence-corrected chi connectivity index (χ3v) is 10.0. The average Bonchev–Trinajstić information content (AvgIpc) is 3.49. The first-order chi connectivity index (χ1) is 22.4. The number of ether oxygens (including phenoxy) is 1. The summed E-state index contributed by atoms with van der Waals surface area (Å²) in [7, 11) is 1.97. The maximum Gasteiger partial charge on any atom is 0.335 e. The molecular weight excluding hydrogens is 612 g/mol. The molecule has 5 aromatic rings. The SMILES string of the molecule is Cc1cc(OCCCc2c3n(c4c(-c5c(C)nn(C)c5C)c(C)ccc24)C(C)CN(Cc2cccc(C(=O)O)c2)C3=O)cc(C)c1Cl. The molecule has 244 valence electrons. The van der Waals surface area contributed by atoms with Crippen molar-refractivity contribution >= 4 is 34.4 Å². The predicted octanol–water partition coefficient (Wildman–Crippen LogP) is 8.16. The molecule has 0 saturated heterocycles. The normalized spacial score (nSPS) is 14.6. The Morgan fingerprint density at radius 1 is 1.02 bits per heavy atom. The lowest BCUT2D eigenvalue weighted by Gasteiger charge is -2.34. The molecule has 0 spiro atoms. The van der Waals surface area contributed by atoms with E-state index in [1.165, 1.54) is 0 Å². The van der Waals surface area contributed by atoms with E-state index < -0.39 is 5.97 Å². The molecule has 1 unspecified atom stereocenters. The van der Waals surface area contributed by atoms with Crippen molar-refractivity contribution < 1.29 is 19.4 Å². The number of carbonyl (C=O) groups is 2. The summed E-state index contributed by atoms with van der Waals surface area (Å²) in [5.74, 6) is -0.251. The second-order valence-electron chi connectivity index (χ2n) is 12.9. The average molecular weight is 653 g/mol. The molecule has 3 aromatic carbocycles. The van der Waals surface area contributed by atoms with E-state index in [0.29, 0.717) is 38.2 Å². The van der Waals surface area contributed by atoms with E-state index in [0.717, 1.165) is 72.0 Å². The molecule has 2 aromatic heterocycles. The van der Waals surface area contributed by atoms with Crippen molar-refractivity contribution in [3.05, 3.63) is 104 Å². The van der Waals surface area contributed by atoms with Gasteiger partial charge in [0.05, 0.1) is 23.4 Å². The molecule has 0 fully saturated rings. The van der Waals surface area contributed by atoms with E-state index in [2.05, 4.69) is 37.5 Å². The molecule has 47 heavy (non-hydrogen) atoms. The fourth-order valence-corrected chi connectivity index (χ4v) is 7.28. The molecule has 8 nitrogen and oxygen atoms in total. The molecule has 9 heteroatoms. The molecule has 0 saturated carbocycles. The zero-order chi connectivity index (χ0) is 33.7. The van der Waals surface area contributed by atoms with Crippen molar-refractivity contribution in [1.82, 2.24) is 19.2 Å². The predicted molar refractivity (Wildman–Crippen MR) is 186 cm³/mol. The van der Waals surface area contributed by atoms with Crippen LogP contribution in [-0.2, 0) is 20.0 Å². The van der Waals surface area contributed by atoms with Crippen molar-refractivity contribution in [3.8, 4) is 16.9 Å². The van der Waals surface area contributed by atoms with Gasteiger partial charge in [0.1, 0.15) is 11.4 Å². The van der Waals surface area contributed by atoms with Crippen LogP contribution >= 0.6 is 11.6 Å². The Bertz CT molecular complexity index is 2030. The van der Waals surface area contributed by atoms with Gasteiger partial charge in [-0.05, 0) is 106 Å². The quantitative estimate of drug-likeness (QED) is 0.162. The van der Waals surface area contributed by atoms with Crippen molar-refractivity contribution in [1.29, 1.82) is 0 Å². The second kappa shape index (κ2) is 12.6. The standard InChI is InChI=1S/C38H41ClN4O4/c1-21-13-14-31-30(12-9-15-47-29-16-22(2)34(39)23(3)17-29)36-37(44)42(20-27-10-8-11-28(18-27)38(45)46)19-24(4)43(36)35(31)32(21)33-25(5)40-41(7)26(33)6/h8,10-11,13-14,16-18,24H,9,12,15,19-20H2,1-7H3,(H,45,46). The van der Waals surface area contributed by atoms with Gasteiger partial charge in [0, 0.05) is 53.4 Å². The summed E-state index contributed by atoms with van der Waals surface area (Å²) in [6, 6.07) is 15.0. The molecule has 1 atom stereocenters. The first-order valence-corrected chi connectivity index (χ1v) is 16.4. The van der Waals surface area contributed by atoms with Crippen LogP contribution < -0.4 is 4.74 Å². The Kier molecular flexibility index (Phi) is 8.66. The second-order valence-corrected chi connectivity index (χ2v) is 13.3. The van der Waals surface area contributed by atoms with Gasteiger partial charge in [0.2, 0.25) is 0 Å². The number of benzene rings is 3. The minimum atomic E-state index is -0.984. The van der Waals surface area contributed by atoms with Crippen LogP contribution in [0.15, 0.2) is 48.5 Å². The van der Waals surface area contributed by atoms with Gasteiger partial charge >= 0.3 is 5.97 Å². The van der Waals surface area contributed by atoms with Crippen molar-refractivity contribution in [2.75, 3.05) is 13.2 Å². The third kappa shape index (κ3) is 5.80. The van der Waals surface area contributed by atoms with Crippen LogP contribution in [0.1, 0.15) is 79.4 Å². The molecule has 1 N–H and O–H groups in total. The Balaban J connectivity index is 1.44. The first kappa shape index (κ1) is 32.4. The largest absolute Gasteiger partial charge is 0.494 e. The van der Waals surface area contributed by atoms with Crippen LogP contribution in [0.2, 0.25) is 5.02 Å². The summed E-state index contributed by atoms with van der Waals surface area (Å²) < 4.78 is 10.4. The van der Waals surface area contributed by atoms with Crippen LogP contribution in [0.25, 0.3) is 22.0 Å². The highest BCUT2D eigenvalue weighted by molar-refractivity contribution is 6.32. The van der Waals surface area contributed by atoms with Crippen molar-refractivity contribution in [2.24, 2.45) is 7.05 Å². The maximum atomic E-state index is 14.5. The van der Waals surface area contributed by atoms with Gasteiger partial charge in [-0.25, -0.2) is 4.79 Å². The van der Waals surface area contributed by atoms with Gasteiger partial charge in [-0.15, -0.1) is 0 Å². The monoisotopic (exact) mass is 652 g/mol. The van der Waals surface area contributed by atoms with Gasteiger partial charge in [0.15, 0.2) is 0 Å². The molecule has 0 radical (unpaired) electrons. The van der Waals surface area contributed by atoms with E-state index in [1.807, 2.05) is 55.6 Å². The number of aryl methyl sites for hydroxylation is 6. The van der Waals surface area contributed by atoms with Crippen LogP contribution in [-0.4, -0.2) is 49.4 Å². The number of hydrogen-bond acceptors (Lipinski definition) is 4. The first-order valence-electron chi connectivity index (χ1n) is 16.0. The summed E-state index contributed by atoms with van der Waals surface area (Å²) >= 11 is 6.37. The number of carbonyl (C=O) groups excluding carboxylic acids is 1. The topological polar surface area (TPSA) is 89.6 Å². The van der Waals surface area contributed by atoms with Crippen LogP contribution in [0.4, 0.5) is 0 Å². The highest BCUT2D eigenvalue weighted by atomic mass is 35.5.